The molecule has 0 aromatic carbocycles. The van der Waals surface area contributed by atoms with Crippen LogP contribution in [0.4, 0.5) is 0 Å². The Hall–Kier alpha value is -4.36. The Labute approximate surface area is 379 Å². The number of nitrogens with one attached hydrogen (secondary N) is 2. The van der Waals surface area contributed by atoms with Crippen molar-refractivity contribution < 1.29 is 20.0 Å². The Morgan fingerprint density at radius 2 is 0.984 bits per heavy atom. The van der Waals surface area contributed by atoms with Crippen LogP contribution in [-0.2, 0) is 12.8 Å². The molecular weight excluding hydrogens is 855 g/mol. The van der Waals surface area contributed by atoms with Crippen LogP contribution in [0.2, 0.25) is 0 Å². The molecule has 6 rings (SSSR count). The molecule has 63 heavy (non-hydrogen) atoms. The van der Waals surface area contributed by atoms with Gasteiger partial charge in [-0.05, 0) is 63.3 Å². The van der Waals surface area contributed by atoms with Gasteiger partial charge in [-0.1, -0.05) is 104 Å². The van der Waals surface area contributed by atoms with E-state index in [9.17, 15) is 39.9 Å². The van der Waals surface area contributed by atoms with Gasteiger partial charge in [-0.2, -0.15) is 14.0 Å². The van der Waals surface area contributed by atoms with Crippen LogP contribution >= 0.6 is 23.1 Å². The highest BCUT2D eigenvalue weighted by molar-refractivity contribution is 7.03. The van der Waals surface area contributed by atoms with Crippen LogP contribution in [0.25, 0.3) is 0 Å². The summed E-state index contributed by atoms with van der Waals surface area (Å²) in [7, 11) is 0. The van der Waals surface area contributed by atoms with E-state index in [2.05, 4.69) is 29.9 Å². The van der Waals surface area contributed by atoms with Crippen LogP contribution in [-0.4, -0.2) is 70.7 Å². The number of aromatic nitrogens is 4. The van der Waals surface area contributed by atoms with E-state index < -0.39 is 5.41 Å². The van der Waals surface area contributed by atoms with Gasteiger partial charge in [-0.25, -0.2) is 0 Å². The van der Waals surface area contributed by atoms with Crippen LogP contribution in [0.1, 0.15) is 175 Å². The van der Waals surface area contributed by atoms with Crippen molar-refractivity contribution >= 4 is 28.9 Å². The topological polar surface area (TPSA) is 329 Å². The number of rotatable bonds is 14. The van der Waals surface area contributed by atoms with E-state index in [1.54, 1.807) is 0 Å². The minimum absolute atomic E-state index is 0. The molecular formula is C41H75N11O9S2. The normalized spacial score (nSPS) is 19.3. The Kier molecular flexibility index (Phi) is 27.1. The van der Waals surface area contributed by atoms with Crippen LogP contribution in [0.15, 0.2) is 14.7 Å². The molecule has 7 N–H and O–H groups in total. The van der Waals surface area contributed by atoms with Gasteiger partial charge in [0.2, 0.25) is 19.6 Å². The highest BCUT2D eigenvalue weighted by Gasteiger charge is 2.40. The largest absolute Gasteiger partial charge is 0.409 e. The molecule has 0 unspecified atom stereocenters. The summed E-state index contributed by atoms with van der Waals surface area (Å²) in [6.07, 6.45) is 22.7. The molecule has 4 aliphatic carbocycles. The molecule has 4 saturated carbocycles. The number of oxime groups is 1. The van der Waals surface area contributed by atoms with E-state index in [-0.39, 0.29) is 88.5 Å². The van der Waals surface area contributed by atoms with Gasteiger partial charge in [0, 0.05) is 79.8 Å². The quantitative estimate of drug-likeness (QED) is 0.0391. The second-order valence-corrected chi connectivity index (χ2v) is 18.9. The van der Waals surface area contributed by atoms with Crippen LogP contribution < -0.4 is 21.2 Å². The van der Waals surface area contributed by atoms with Crippen molar-refractivity contribution in [2.75, 3.05) is 26.2 Å². The summed E-state index contributed by atoms with van der Waals surface area (Å²) >= 11 is 1.88. The summed E-state index contributed by atoms with van der Waals surface area (Å²) < 4.78 is 8.13. The second kappa shape index (κ2) is 29.2. The maximum absolute atomic E-state index is 11.0. The summed E-state index contributed by atoms with van der Waals surface area (Å²) in [6.45, 7) is 0.572. The number of nitrogens with two attached hydrogens (primary N) is 2. The zero-order valence-electron chi connectivity index (χ0n) is 34.6. The molecule has 22 heteroatoms. The first kappa shape index (κ1) is 58.6. The fourth-order valence-corrected chi connectivity index (χ4v) is 10.6. The second-order valence-electron chi connectivity index (χ2n) is 17.5. The maximum atomic E-state index is 11.0. The van der Waals surface area contributed by atoms with Gasteiger partial charge in [0.1, 0.15) is 17.5 Å². The van der Waals surface area contributed by atoms with Crippen LogP contribution in [0, 0.1) is 63.3 Å². The standard InChI is InChI=1S/C10H15N3O3S.C10H17N3OS.C9H17N3O3.C9H14N2O2.3CH4/c14-9-11-8(12-17-9)6-10(7-13(15)16)4-2-1-3-5-10;11-7-10(4-2-1-3-5-10)6-8-12-9(14)15-13-8;10-8(11-13)6-9(7-12(14)15)4-2-1-3-5-9;10-7-6-9(8-11(12)13)4-2-1-3-5-9;;;/h1-7H2,(H,11,12,14);1-7,11H2,(H,12,13,14);13H,1-7H2,(H2,10,11);1-6,8H2;3*1H4. The monoisotopic (exact) mass is 930 g/mol. The van der Waals surface area contributed by atoms with Crippen molar-refractivity contribution in [3.05, 3.63) is 61.3 Å². The van der Waals surface area contributed by atoms with E-state index in [1.807, 2.05) is 0 Å². The van der Waals surface area contributed by atoms with Gasteiger partial charge >= 0.3 is 9.75 Å². The number of hydrogen-bond acceptors (Lipinski definition) is 16. The summed E-state index contributed by atoms with van der Waals surface area (Å²) in [4.78, 5) is 58.2. The van der Waals surface area contributed by atoms with E-state index >= 15 is 0 Å². The summed E-state index contributed by atoms with van der Waals surface area (Å²) in [6, 6.07) is 2.08. The third kappa shape index (κ3) is 20.8. The van der Waals surface area contributed by atoms with Gasteiger partial charge in [0.05, 0.1) is 6.07 Å². The van der Waals surface area contributed by atoms with Gasteiger partial charge in [-0.15, -0.1) is 0 Å². The van der Waals surface area contributed by atoms with Crippen LogP contribution in [0.3, 0.4) is 0 Å². The predicted octanol–water partition coefficient (Wildman–Crippen LogP) is 8.27. The number of H-pyrrole nitrogens is 2. The number of nitro groups is 3. The third-order valence-electron chi connectivity index (χ3n) is 12.7. The zero-order valence-corrected chi connectivity index (χ0v) is 36.2. The number of amidine groups is 1. The van der Waals surface area contributed by atoms with E-state index in [4.69, 9.17) is 21.9 Å². The Morgan fingerprint density at radius 3 is 1.32 bits per heavy atom. The molecule has 360 valence electrons. The zero-order chi connectivity index (χ0) is 44.1. The Morgan fingerprint density at radius 1 is 0.651 bits per heavy atom. The first-order valence-electron chi connectivity index (χ1n) is 21.1. The molecule has 20 nitrogen and oxygen atoms in total. The molecule has 0 radical (unpaired) electrons. The molecule has 0 spiro atoms. The van der Waals surface area contributed by atoms with Crippen molar-refractivity contribution in [3.8, 4) is 6.07 Å². The van der Waals surface area contributed by atoms with E-state index in [1.165, 1.54) is 32.1 Å². The number of nitrogens with zero attached hydrogens (tertiary/aromatic N) is 7. The SMILES string of the molecule is C.C.C.N#CCC1(C[N+](=O)[O-])CCCCC1.N/C(CC1(C[N+](=O)[O-])CCCCC1)=N\O.NCC1(Cc2nsc(=O)[nH]2)CCCCC1.O=c1[nH]c(CC2(C[N+](=O)[O-])CCCCC2)ns1. The van der Waals surface area contributed by atoms with E-state index in [0.29, 0.717) is 31.6 Å². The van der Waals surface area contributed by atoms with Gasteiger partial charge < -0.3 is 16.7 Å². The molecule has 2 aromatic heterocycles. The Balaban J connectivity index is 0.000000804. The molecule has 2 heterocycles. The van der Waals surface area contributed by atoms with Gasteiger partial charge in [-0.3, -0.25) is 49.9 Å². The Bertz CT molecular complexity index is 1820. The molecule has 2 aromatic rings. The number of hydrogen-bond donors (Lipinski definition) is 5. The fourth-order valence-electron chi connectivity index (χ4n) is 9.62. The first-order valence-corrected chi connectivity index (χ1v) is 22.6. The molecule has 0 amide bonds. The molecule has 4 fully saturated rings. The maximum Gasteiger partial charge on any atom is 0.323 e. The summed E-state index contributed by atoms with van der Waals surface area (Å²) in [5, 5.41) is 51.9. The van der Waals surface area contributed by atoms with Crippen molar-refractivity contribution in [2.45, 2.75) is 176 Å². The predicted molar refractivity (Wildman–Crippen MR) is 248 cm³/mol. The molecule has 0 atom stereocenters. The highest BCUT2D eigenvalue weighted by Crippen LogP contribution is 2.41. The number of aromatic amines is 2. The smallest absolute Gasteiger partial charge is 0.323 e. The molecule has 0 aliphatic heterocycles. The molecule has 0 saturated heterocycles. The summed E-state index contributed by atoms with van der Waals surface area (Å²) in [5.74, 6) is 1.51. The highest BCUT2D eigenvalue weighted by atomic mass is 32.1. The molecule has 4 aliphatic rings. The minimum Gasteiger partial charge on any atom is -0.409 e. The first-order chi connectivity index (χ1) is 28.6. The third-order valence-corrected chi connectivity index (χ3v) is 13.8. The van der Waals surface area contributed by atoms with Crippen LogP contribution in [0.5, 0.6) is 0 Å². The van der Waals surface area contributed by atoms with Crippen molar-refractivity contribution in [1.82, 2.24) is 18.7 Å². The van der Waals surface area contributed by atoms with Crippen molar-refractivity contribution in [3.63, 3.8) is 0 Å². The lowest BCUT2D eigenvalue weighted by Gasteiger charge is -2.35. The lowest BCUT2D eigenvalue weighted by Crippen LogP contribution is -2.36. The molecule has 0 bridgehead atoms. The van der Waals surface area contributed by atoms with Gasteiger partial charge in [0.25, 0.3) is 0 Å². The minimum atomic E-state index is -0.391. The average Bonchev–Trinajstić information content (AvgIpc) is 3.81. The van der Waals surface area contributed by atoms with Crippen molar-refractivity contribution in [2.24, 2.45) is 38.3 Å². The fraction of sp³-hybridized carbons (Fsp3) is 0.854. The van der Waals surface area contributed by atoms with Crippen molar-refractivity contribution in [1.29, 1.82) is 5.26 Å². The van der Waals surface area contributed by atoms with Gasteiger partial charge in [0.15, 0.2) is 0 Å². The lowest BCUT2D eigenvalue weighted by molar-refractivity contribution is -0.499. The lowest BCUT2D eigenvalue weighted by atomic mass is 9.71. The van der Waals surface area contributed by atoms with E-state index in [0.717, 1.165) is 132 Å². The average molecular weight is 930 g/mol. The summed E-state index contributed by atoms with van der Waals surface area (Å²) in [5.41, 5.74) is 10.5. The number of nitriles is 1.